The van der Waals surface area contributed by atoms with E-state index >= 15 is 0 Å². The average molecular weight is 553 g/mol. The Kier molecular flexibility index (Phi) is 7.76. The molecule has 11 heteroatoms. The monoisotopic (exact) mass is 552 g/mol. The number of alkyl halides is 3. The maximum Gasteiger partial charge on any atom is 0.425 e. The van der Waals surface area contributed by atoms with Crippen molar-refractivity contribution < 1.29 is 32.6 Å². The Morgan fingerprint density at radius 2 is 1.74 bits per heavy atom. The highest BCUT2D eigenvalue weighted by Gasteiger charge is 2.46. The predicted octanol–water partition coefficient (Wildman–Crippen LogP) is 3.97. The van der Waals surface area contributed by atoms with Crippen LogP contribution in [0.5, 0.6) is 0 Å². The molecule has 3 unspecified atom stereocenters. The Balaban J connectivity index is 1.23. The number of fused-ring (bicyclic) bond motifs is 1. The van der Waals surface area contributed by atoms with Gasteiger partial charge in [0.25, 0.3) is 0 Å². The smallest absolute Gasteiger partial charge is 0.425 e. The third-order valence-corrected chi connectivity index (χ3v) is 9.30. The second-order valence-corrected chi connectivity index (χ2v) is 11.9. The highest BCUT2D eigenvalue weighted by atomic mass is 19.4. The van der Waals surface area contributed by atoms with Crippen LogP contribution in [0, 0.1) is 18.8 Å². The maximum absolute atomic E-state index is 12.8. The first-order valence-corrected chi connectivity index (χ1v) is 14.0. The number of piperidine rings is 1. The van der Waals surface area contributed by atoms with E-state index in [0.717, 1.165) is 71.9 Å². The number of benzene rings is 1. The van der Waals surface area contributed by atoms with E-state index in [1.54, 1.807) is 0 Å². The van der Waals surface area contributed by atoms with Gasteiger partial charge in [-0.2, -0.15) is 13.2 Å². The number of carboxylic acid groups (broad SMARTS) is 1. The minimum absolute atomic E-state index is 0.0621. The molecule has 0 saturated carbocycles. The van der Waals surface area contributed by atoms with Gasteiger partial charge in [-0.25, -0.2) is 4.79 Å². The average Bonchev–Trinajstić information content (AvgIpc) is 3.53. The van der Waals surface area contributed by atoms with Gasteiger partial charge in [0.15, 0.2) is 6.10 Å². The number of carbonyl (C=O) groups excluding carboxylic acids is 1. The molecule has 3 atom stereocenters. The van der Waals surface area contributed by atoms with Crippen molar-refractivity contribution in [3.8, 4) is 0 Å². The molecule has 1 aromatic carbocycles. The molecule has 216 valence electrons. The van der Waals surface area contributed by atoms with Crippen LogP contribution in [0.25, 0.3) is 0 Å². The molecular weight excluding hydrogens is 513 g/mol. The van der Waals surface area contributed by atoms with Gasteiger partial charge in [0.2, 0.25) is 0 Å². The van der Waals surface area contributed by atoms with Gasteiger partial charge < -0.3 is 19.6 Å². The van der Waals surface area contributed by atoms with Crippen molar-refractivity contribution in [3.05, 3.63) is 29.3 Å². The fraction of sp³-hybridized carbons (Fsp3) is 0.714. The first-order chi connectivity index (χ1) is 18.4. The highest BCUT2D eigenvalue weighted by Crippen LogP contribution is 2.42. The normalized spacial score (nSPS) is 26.3. The highest BCUT2D eigenvalue weighted by molar-refractivity contribution is 5.69. The molecule has 1 N–H and O–H groups in total. The summed E-state index contributed by atoms with van der Waals surface area (Å²) in [5.41, 5.74) is 3.66. The van der Waals surface area contributed by atoms with Crippen molar-refractivity contribution in [3.63, 3.8) is 0 Å². The minimum Gasteiger partial charge on any atom is -0.480 e. The van der Waals surface area contributed by atoms with Crippen molar-refractivity contribution in [1.29, 1.82) is 0 Å². The zero-order chi connectivity index (χ0) is 27.9. The molecule has 4 heterocycles. The molecule has 1 amide bonds. The van der Waals surface area contributed by atoms with Crippen molar-refractivity contribution in [1.82, 2.24) is 14.7 Å². The summed E-state index contributed by atoms with van der Waals surface area (Å²) >= 11 is 0. The van der Waals surface area contributed by atoms with Crippen LogP contribution in [0.3, 0.4) is 0 Å². The Morgan fingerprint density at radius 3 is 2.36 bits per heavy atom. The third-order valence-electron chi connectivity index (χ3n) is 9.30. The lowest BCUT2D eigenvalue weighted by Gasteiger charge is -2.45. The number of hydrogen-bond donors (Lipinski definition) is 1. The van der Waals surface area contributed by atoms with E-state index < -0.39 is 24.3 Å². The van der Waals surface area contributed by atoms with E-state index in [2.05, 4.69) is 39.7 Å². The lowest BCUT2D eigenvalue weighted by atomic mass is 9.84. The number of carbonyl (C=O) groups is 2. The SMILES string of the molecule is Cc1ccc(CN2CCCC23CCN(C(=O)OC(C)C(F)(F)F)CC3)c(N2CC3CN(CC(=O)O)CC3C2)c1. The number of aryl methyl sites for hydroxylation is 1. The number of ether oxygens (including phenoxy) is 1. The van der Waals surface area contributed by atoms with E-state index in [1.165, 1.54) is 21.7 Å². The van der Waals surface area contributed by atoms with Crippen molar-refractivity contribution in [2.24, 2.45) is 11.8 Å². The zero-order valence-corrected chi connectivity index (χ0v) is 22.8. The molecule has 39 heavy (non-hydrogen) atoms. The molecular formula is C28H39F3N4O4. The molecule has 4 aliphatic rings. The molecule has 1 spiro atoms. The van der Waals surface area contributed by atoms with Gasteiger partial charge >= 0.3 is 18.2 Å². The maximum atomic E-state index is 12.8. The fourth-order valence-corrected chi connectivity index (χ4v) is 7.12. The van der Waals surface area contributed by atoms with Crippen molar-refractivity contribution in [2.45, 2.75) is 63.9 Å². The van der Waals surface area contributed by atoms with Gasteiger partial charge in [0.1, 0.15) is 0 Å². The molecule has 5 rings (SSSR count). The van der Waals surface area contributed by atoms with E-state index in [-0.39, 0.29) is 12.1 Å². The number of aliphatic carboxylic acids is 1. The Bertz CT molecular complexity index is 1060. The number of anilines is 1. The topological polar surface area (TPSA) is 76.6 Å². The molecule has 1 aromatic rings. The quantitative estimate of drug-likeness (QED) is 0.573. The van der Waals surface area contributed by atoms with Crippen LogP contribution in [-0.4, -0.2) is 102 Å². The summed E-state index contributed by atoms with van der Waals surface area (Å²) in [4.78, 5) is 32.0. The van der Waals surface area contributed by atoms with E-state index in [9.17, 15) is 22.8 Å². The van der Waals surface area contributed by atoms with Gasteiger partial charge in [-0.05, 0) is 75.1 Å². The summed E-state index contributed by atoms with van der Waals surface area (Å²) in [6.45, 7) is 9.11. The second-order valence-electron chi connectivity index (χ2n) is 11.9. The molecule has 0 radical (unpaired) electrons. The van der Waals surface area contributed by atoms with Gasteiger partial charge in [-0.15, -0.1) is 0 Å². The molecule has 0 aliphatic carbocycles. The number of hydrogen-bond acceptors (Lipinski definition) is 6. The van der Waals surface area contributed by atoms with E-state index in [0.29, 0.717) is 24.9 Å². The molecule has 4 aliphatic heterocycles. The molecule has 0 aromatic heterocycles. The molecule has 0 bridgehead atoms. The summed E-state index contributed by atoms with van der Waals surface area (Å²) in [7, 11) is 0. The fourth-order valence-electron chi connectivity index (χ4n) is 7.12. The van der Waals surface area contributed by atoms with Gasteiger partial charge in [-0.3, -0.25) is 14.6 Å². The number of halogens is 3. The summed E-state index contributed by atoms with van der Waals surface area (Å²) in [5, 5.41) is 9.16. The number of rotatable bonds is 6. The van der Waals surface area contributed by atoms with Crippen LogP contribution in [0.2, 0.25) is 0 Å². The number of amides is 1. The van der Waals surface area contributed by atoms with Crippen LogP contribution < -0.4 is 4.90 Å². The van der Waals surface area contributed by atoms with Gasteiger partial charge in [-0.1, -0.05) is 12.1 Å². The summed E-state index contributed by atoms with van der Waals surface area (Å²) in [6.07, 6.45) is -4.05. The zero-order valence-electron chi connectivity index (χ0n) is 22.8. The van der Waals surface area contributed by atoms with Crippen molar-refractivity contribution >= 4 is 17.7 Å². The second kappa shape index (κ2) is 10.8. The Morgan fingerprint density at radius 1 is 1.08 bits per heavy atom. The van der Waals surface area contributed by atoms with Crippen LogP contribution in [0.1, 0.15) is 43.7 Å². The standard InChI is InChI=1S/C28H39F3N4O4/c1-19-4-5-21(24(12-19)34-15-22-13-32(18-25(36)37)14-23(22)16-34)17-35-9-3-6-27(35)7-10-33(11-8-27)26(38)39-20(2)28(29,30)31/h4-5,12,20,22-23H,3,6-11,13-18H2,1-2H3,(H,36,37). The lowest BCUT2D eigenvalue weighted by Crippen LogP contribution is -2.53. The first kappa shape index (κ1) is 28.0. The summed E-state index contributed by atoms with van der Waals surface area (Å²) < 4.78 is 43.2. The lowest BCUT2D eigenvalue weighted by molar-refractivity contribution is -0.200. The van der Waals surface area contributed by atoms with Gasteiger partial charge in [0, 0.05) is 57.0 Å². The number of nitrogens with zero attached hydrogens (tertiary/aromatic N) is 4. The predicted molar refractivity (Wildman–Crippen MR) is 140 cm³/mol. The van der Waals surface area contributed by atoms with Crippen LogP contribution in [0.4, 0.5) is 23.7 Å². The number of likely N-dealkylation sites (tertiary alicyclic amines) is 3. The largest absolute Gasteiger partial charge is 0.480 e. The Labute approximate surface area is 227 Å². The van der Waals surface area contributed by atoms with Crippen LogP contribution in [0.15, 0.2) is 18.2 Å². The first-order valence-electron chi connectivity index (χ1n) is 14.0. The minimum atomic E-state index is -4.56. The number of carboxylic acids is 1. The third kappa shape index (κ3) is 5.99. The van der Waals surface area contributed by atoms with Crippen molar-refractivity contribution in [2.75, 3.05) is 57.3 Å². The van der Waals surface area contributed by atoms with E-state index in [4.69, 9.17) is 5.11 Å². The van der Waals surface area contributed by atoms with E-state index in [1.807, 2.05) is 4.90 Å². The van der Waals surface area contributed by atoms with Crippen LogP contribution in [-0.2, 0) is 16.1 Å². The van der Waals surface area contributed by atoms with Gasteiger partial charge in [0.05, 0.1) is 6.54 Å². The summed E-state index contributed by atoms with van der Waals surface area (Å²) in [5.74, 6) is 0.172. The molecule has 4 saturated heterocycles. The Hall–Kier alpha value is -2.53. The van der Waals surface area contributed by atoms with Crippen LogP contribution >= 0.6 is 0 Å². The molecule has 4 fully saturated rings. The summed E-state index contributed by atoms with van der Waals surface area (Å²) in [6, 6.07) is 6.62. The molecule has 8 nitrogen and oxygen atoms in total.